The van der Waals surface area contributed by atoms with Gasteiger partial charge in [0.25, 0.3) is 0 Å². The number of nitrogens with one attached hydrogen (secondary N) is 1. The van der Waals surface area contributed by atoms with Crippen LogP contribution >= 0.6 is 27.3 Å². The summed E-state index contributed by atoms with van der Waals surface area (Å²) in [5, 5.41) is 4.84. The Hall–Kier alpha value is -2.77. The lowest BCUT2D eigenvalue weighted by Gasteiger charge is -2.22. The molecule has 3 aromatic rings. The van der Waals surface area contributed by atoms with Gasteiger partial charge in [-0.25, -0.2) is 4.99 Å². The van der Waals surface area contributed by atoms with E-state index in [4.69, 9.17) is 4.99 Å². The van der Waals surface area contributed by atoms with Crippen molar-refractivity contribution in [2.45, 2.75) is 13.3 Å². The number of nitrogens with zero attached hydrogens (tertiary/aromatic N) is 2. The maximum absolute atomic E-state index is 13.0. The first kappa shape index (κ1) is 19.5. The van der Waals surface area contributed by atoms with Gasteiger partial charge in [-0.05, 0) is 64.1 Å². The summed E-state index contributed by atoms with van der Waals surface area (Å²) in [6.07, 6.45) is 0.150. The number of rotatable bonds is 4. The molecule has 0 atom stereocenters. The first-order chi connectivity index (χ1) is 14.0. The fraction of sp³-hybridized carbons (Fsp3) is 0.136. The highest BCUT2D eigenvalue weighted by atomic mass is 79.9. The van der Waals surface area contributed by atoms with Crippen molar-refractivity contribution in [3.8, 4) is 0 Å². The first-order valence-electron chi connectivity index (χ1n) is 9.08. The van der Waals surface area contributed by atoms with Crippen LogP contribution in [0.3, 0.4) is 0 Å². The molecule has 146 valence electrons. The molecule has 5 nitrogen and oxygen atoms in total. The fourth-order valence-electron chi connectivity index (χ4n) is 3.16. The van der Waals surface area contributed by atoms with E-state index in [2.05, 4.69) is 21.2 Å². The molecule has 0 radical (unpaired) electrons. The number of benzene rings is 2. The van der Waals surface area contributed by atoms with Crippen LogP contribution in [0.4, 0.5) is 17.1 Å². The summed E-state index contributed by atoms with van der Waals surface area (Å²) >= 11 is 5.02. The van der Waals surface area contributed by atoms with Crippen LogP contribution < -0.4 is 10.2 Å². The zero-order valence-corrected chi connectivity index (χ0v) is 18.1. The SMILES string of the molecule is Cc1ccc(NC(=O)CN2C(=O)CC(c3cccs3)=Nc3ccccc32)c(Br)c1. The van der Waals surface area contributed by atoms with Gasteiger partial charge in [0, 0.05) is 9.35 Å². The normalized spacial score (nSPS) is 13.5. The maximum Gasteiger partial charge on any atom is 0.244 e. The summed E-state index contributed by atoms with van der Waals surface area (Å²) in [5.41, 5.74) is 3.81. The van der Waals surface area contributed by atoms with Crippen molar-refractivity contribution < 1.29 is 9.59 Å². The molecule has 0 aliphatic carbocycles. The monoisotopic (exact) mass is 467 g/mol. The topological polar surface area (TPSA) is 61.8 Å². The van der Waals surface area contributed by atoms with E-state index in [9.17, 15) is 9.59 Å². The summed E-state index contributed by atoms with van der Waals surface area (Å²) in [7, 11) is 0. The molecule has 4 rings (SSSR count). The second-order valence-corrected chi connectivity index (χ2v) is 8.51. The molecule has 7 heteroatoms. The molecule has 1 aromatic heterocycles. The van der Waals surface area contributed by atoms with Crippen LogP contribution in [0, 0.1) is 6.92 Å². The number of hydrogen-bond acceptors (Lipinski definition) is 4. The number of aliphatic imine (C=N–C) groups is 1. The van der Waals surface area contributed by atoms with Crippen LogP contribution in [-0.4, -0.2) is 24.1 Å². The Morgan fingerprint density at radius 1 is 1.21 bits per heavy atom. The van der Waals surface area contributed by atoms with Crippen LogP contribution in [0.25, 0.3) is 0 Å². The number of thiophene rings is 1. The van der Waals surface area contributed by atoms with Gasteiger partial charge >= 0.3 is 0 Å². The number of anilines is 2. The van der Waals surface area contributed by atoms with Crippen LogP contribution in [0.2, 0.25) is 0 Å². The summed E-state index contributed by atoms with van der Waals surface area (Å²) in [4.78, 5) is 33.0. The van der Waals surface area contributed by atoms with Crippen molar-refractivity contribution in [1.82, 2.24) is 0 Å². The maximum atomic E-state index is 13.0. The Morgan fingerprint density at radius 2 is 2.03 bits per heavy atom. The van der Waals surface area contributed by atoms with Gasteiger partial charge in [0.15, 0.2) is 0 Å². The van der Waals surface area contributed by atoms with Crippen molar-refractivity contribution in [3.63, 3.8) is 0 Å². The zero-order chi connectivity index (χ0) is 20.4. The summed E-state index contributed by atoms with van der Waals surface area (Å²) in [6, 6.07) is 17.0. The average Bonchev–Trinajstić information content (AvgIpc) is 3.19. The number of hydrogen-bond donors (Lipinski definition) is 1. The second-order valence-electron chi connectivity index (χ2n) is 6.71. The van der Waals surface area contributed by atoms with Crippen LogP contribution in [0.1, 0.15) is 16.9 Å². The summed E-state index contributed by atoms with van der Waals surface area (Å²) in [6.45, 7) is 1.90. The molecule has 2 heterocycles. The van der Waals surface area contributed by atoms with E-state index in [-0.39, 0.29) is 24.8 Å². The minimum atomic E-state index is -0.266. The lowest BCUT2D eigenvalue weighted by Crippen LogP contribution is -2.38. The van der Waals surface area contributed by atoms with Crippen molar-refractivity contribution in [3.05, 3.63) is 74.9 Å². The van der Waals surface area contributed by atoms with E-state index in [1.165, 1.54) is 4.90 Å². The second kappa shape index (κ2) is 8.31. The number of halogens is 1. The van der Waals surface area contributed by atoms with Crippen LogP contribution in [-0.2, 0) is 9.59 Å². The third-order valence-electron chi connectivity index (χ3n) is 4.55. The molecule has 2 amide bonds. The molecule has 1 N–H and O–H groups in total. The van der Waals surface area contributed by atoms with Gasteiger partial charge in [-0.15, -0.1) is 11.3 Å². The Bertz CT molecular complexity index is 1110. The molecular formula is C22H18BrN3O2S. The van der Waals surface area contributed by atoms with E-state index in [1.54, 1.807) is 11.3 Å². The summed E-state index contributed by atoms with van der Waals surface area (Å²) in [5.74, 6) is -0.419. The molecule has 0 saturated heterocycles. The van der Waals surface area contributed by atoms with E-state index < -0.39 is 0 Å². The van der Waals surface area contributed by atoms with Gasteiger partial charge in [0.05, 0.1) is 29.2 Å². The van der Waals surface area contributed by atoms with Gasteiger partial charge in [-0.1, -0.05) is 24.3 Å². The quantitative estimate of drug-likeness (QED) is 0.564. The predicted octanol–water partition coefficient (Wildman–Crippen LogP) is 5.32. The molecule has 0 saturated carbocycles. The molecule has 0 bridgehead atoms. The van der Waals surface area contributed by atoms with Gasteiger partial charge in [0.2, 0.25) is 11.8 Å². The van der Waals surface area contributed by atoms with Gasteiger partial charge < -0.3 is 10.2 Å². The van der Waals surface area contributed by atoms with Gasteiger partial charge in [0.1, 0.15) is 6.54 Å². The third kappa shape index (κ3) is 4.31. The number of carbonyl (C=O) groups excluding carboxylic acids is 2. The third-order valence-corrected chi connectivity index (χ3v) is 6.13. The molecule has 1 aliphatic rings. The number of fused-ring (bicyclic) bond motifs is 1. The lowest BCUT2D eigenvalue weighted by molar-refractivity contribution is -0.120. The van der Waals surface area contributed by atoms with Crippen molar-refractivity contribution in [2.24, 2.45) is 4.99 Å². The van der Waals surface area contributed by atoms with E-state index in [1.807, 2.05) is 66.9 Å². The number of carbonyl (C=O) groups is 2. The van der Waals surface area contributed by atoms with Gasteiger partial charge in [-0.2, -0.15) is 0 Å². The standard InChI is InChI=1S/C22H18BrN3O2S/c1-14-8-9-16(15(23)11-14)25-21(27)13-26-19-6-3-2-5-17(19)24-18(12-22(26)28)20-7-4-10-29-20/h2-11H,12-13H2,1H3,(H,25,27). The molecular weight excluding hydrogens is 450 g/mol. The van der Waals surface area contributed by atoms with Crippen molar-refractivity contribution >= 4 is 61.9 Å². The fourth-order valence-corrected chi connectivity index (χ4v) is 4.47. The van der Waals surface area contributed by atoms with E-state index >= 15 is 0 Å². The largest absolute Gasteiger partial charge is 0.324 e. The van der Waals surface area contributed by atoms with Crippen LogP contribution in [0.15, 0.2) is 69.4 Å². The Kier molecular flexibility index (Phi) is 5.60. The Balaban J connectivity index is 1.60. The van der Waals surface area contributed by atoms with Crippen molar-refractivity contribution in [2.75, 3.05) is 16.8 Å². The number of para-hydroxylation sites is 2. The molecule has 1 aliphatic heterocycles. The minimum Gasteiger partial charge on any atom is -0.324 e. The highest BCUT2D eigenvalue weighted by molar-refractivity contribution is 9.10. The smallest absolute Gasteiger partial charge is 0.244 e. The number of aryl methyl sites for hydroxylation is 1. The van der Waals surface area contributed by atoms with Gasteiger partial charge in [-0.3, -0.25) is 9.59 Å². The molecule has 0 unspecified atom stereocenters. The highest BCUT2D eigenvalue weighted by Crippen LogP contribution is 2.33. The van der Waals surface area contributed by atoms with E-state index in [0.717, 1.165) is 20.6 Å². The molecule has 0 fully saturated rings. The van der Waals surface area contributed by atoms with Crippen molar-refractivity contribution in [1.29, 1.82) is 0 Å². The minimum absolute atomic E-state index is 0.0800. The number of amides is 2. The van der Waals surface area contributed by atoms with E-state index in [0.29, 0.717) is 17.1 Å². The van der Waals surface area contributed by atoms with Crippen LogP contribution in [0.5, 0.6) is 0 Å². The Morgan fingerprint density at radius 3 is 2.79 bits per heavy atom. The predicted molar refractivity (Wildman–Crippen MR) is 121 cm³/mol. The lowest BCUT2D eigenvalue weighted by atomic mass is 10.2. The molecule has 0 spiro atoms. The zero-order valence-electron chi connectivity index (χ0n) is 15.7. The summed E-state index contributed by atoms with van der Waals surface area (Å²) < 4.78 is 0.803. The Labute approximate surface area is 181 Å². The molecule has 29 heavy (non-hydrogen) atoms. The first-order valence-corrected chi connectivity index (χ1v) is 10.8. The molecule has 2 aromatic carbocycles. The average molecular weight is 468 g/mol. The highest BCUT2D eigenvalue weighted by Gasteiger charge is 2.27.